The van der Waals surface area contributed by atoms with Crippen LogP contribution in [0.15, 0.2) is 0 Å². The van der Waals surface area contributed by atoms with E-state index in [1.165, 1.54) is 84.3 Å². The molecule has 1 spiro atoms. The molecule has 4 rings (SSSR count). The molecule has 1 saturated carbocycles. The third-order valence-corrected chi connectivity index (χ3v) is 7.17. The predicted octanol–water partition coefficient (Wildman–Crippen LogP) is 1.90. The summed E-state index contributed by atoms with van der Waals surface area (Å²) in [6.07, 6.45) is 8.68. The van der Waals surface area contributed by atoms with Crippen molar-refractivity contribution in [1.82, 2.24) is 14.7 Å². The molecular formula is C19H35N3O. The maximum Gasteiger partial charge on any atom is 0.0594 e. The van der Waals surface area contributed by atoms with Crippen molar-refractivity contribution in [3.8, 4) is 0 Å². The molecule has 3 saturated heterocycles. The molecule has 0 radical (unpaired) electrons. The third kappa shape index (κ3) is 3.76. The summed E-state index contributed by atoms with van der Waals surface area (Å²) >= 11 is 0. The number of hydrogen-bond acceptors (Lipinski definition) is 4. The van der Waals surface area contributed by atoms with Gasteiger partial charge in [0.15, 0.2) is 0 Å². The Kier molecular flexibility index (Phi) is 4.96. The molecule has 1 aliphatic carbocycles. The Morgan fingerprint density at radius 1 is 0.913 bits per heavy atom. The van der Waals surface area contributed by atoms with Crippen LogP contribution in [0.2, 0.25) is 0 Å². The third-order valence-electron chi connectivity index (χ3n) is 7.17. The van der Waals surface area contributed by atoms with Crippen molar-refractivity contribution in [2.24, 2.45) is 11.3 Å². The highest BCUT2D eigenvalue weighted by Crippen LogP contribution is 2.51. The quantitative estimate of drug-likeness (QED) is 0.790. The molecule has 132 valence electrons. The van der Waals surface area contributed by atoms with E-state index in [4.69, 9.17) is 4.74 Å². The lowest BCUT2D eigenvalue weighted by atomic mass is 9.60. The van der Waals surface area contributed by atoms with Crippen LogP contribution in [0.1, 0.15) is 38.5 Å². The fourth-order valence-corrected chi connectivity index (χ4v) is 5.37. The molecule has 4 nitrogen and oxygen atoms in total. The molecule has 23 heavy (non-hydrogen) atoms. The van der Waals surface area contributed by atoms with Crippen LogP contribution in [0, 0.1) is 11.3 Å². The van der Waals surface area contributed by atoms with Gasteiger partial charge in [-0.3, -0.25) is 4.90 Å². The van der Waals surface area contributed by atoms with E-state index in [1.807, 2.05) is 0 Å². The lowest BCUT2D eigenvalue weighted by molar-refractivity contribution is -0.0747. The number of piperidine rings is 2. The van der Waals surface area contributed by atoms with Crippen molar-refractivity contribution >= 4 is 0 Å². The minimum absolute atomic E-state index is 0.715. The topological polar surface area (TPSA) is 19.0 Å². The summed E-state index contributed by atoms with van der Waals surface area (Å²) < 4.78 is 5.50. The zero-order valence-electron chi connectivity index (χ0n) is 15.0. The molecule has 0 unspecified atom stereocenters. The van der Waals surface area contributed by atoms with Crippen molar-refractivity contribution in [3.63, 3.8) is 0 Å². The Hall–Kier alpha value is -0.160. The van der Waals surface area contributed by atoms with E-state index in [2.05, 4.69) is 21.7 Å². The lowest BCUT2D eigenvalue weighted by Gasteiger charge is -2.56. The average Bonchev–Trinajstić information content (AvgIpc) is 2.57. The van der Waals surface area contributed by atoms with Crippen LogP contribution in [-0.2, 0) is 4.74 Å². The highest BCUT2D eigenvalue weighted by molar-refractivity contribution is 5.01. The molecule has 0 aromatic heterocycles. The maximum absolute atomic E-state index is 5.50. The van der Waals surface area contributed by atoms with Gasteiger partial charge in [-0.05, 0) is 83.1 Å². The van der Waals surface area contributed by atoms with Crippen LogP contribution < -0.4 is 0 Å². The second-order valence-corrected chi connectivity index (χ2v) is 8.76. The number of nitrogens with zero attached hydrogens (tertiary/aromatic N) is 3. The van der Waals surface area contributed by atoms with Crippen LogP contribution in [0.3, 0.4) is 0 Å². The SMILES string of the molecule is CN1CCC(CN2CCC3(CC2)CC(N2CCOCC2)C3)CC1. The highest BCUT2D eigenvalue weighted by Gasteiger charge is 2.47. The molecule has 0 bridgehead atoms. The standard InChI is InChI=1S/C19H35N3O/c1-20-6-2-17(3-7-20)16-21-8-4-19(5-9-21)14-18(15-19)22-10-12-23-13-11-22/h17-18H,2-16H2,1H3. The van der Waals surface area contributed by atoms with Gasteiger partial charge in [-0.2, -0.15) is 0 Å². The molecule has 4 fully saturated rings. The highest BCUT2D eigenvalue weighted by atomic mass is 16.5. The smallest absolute Gasteiger partial charge is 0.0594 e. The van der Waals surface area contributed by atoms with Gasteiger partial charge in [-0.25, -0.2) is 0 Å². The Morgan fingerprint density at radius 3 is 2.22 bits per heavy atom. The van der Waals surface area contributed by atoms with Gasteiger partial charge in [0.1, 0.15) is 0 Å². The number of morpholine rings is 1. The van der Waals surface area contributed by atoms with E-state index < -0.39 is 0 Å². The van der Waals surface area contributed by atoms with Crippen LogP contribution in [0.5, 0.6) is 0 Å². The lowest BCUT2D eigenvalue weighted by Crippen LogP contribution is -2.57. The first-order chi connectivity index (χ1) is 11.2. The first-order valence-electron chi connectivity index (χ1n) is 9.95. The van der Waals surface area contributed by atoms with Gasteiger partial charge in [0, 0.05) is 25.7 Å². The Labute approximate surface area is 142 Å². The van der Waals surface area contributed by atoms with Crippen molar-refractivity contribution < 1.29 is 4.74 Å². The second-order valence-electron chi connectivity index (χ2n) is 8.76. The van der Waals surface area contributed by atoms with E-state index >= 15 is 0 Å². The van der Waals surface area contributed by atoms with Crippen molar-refractivity contribution in [3.05, 3.63) is 0 Å². The Bertz CT molecular complexity index is 372. The fraction of sp³-hybridized carbons (Fsp3) is 1.00. The van der Waals surface area contributed by atoms with E-state index in [-0.39, 0.29) is 0 Å². The summed E-state index contributed by atoms with van der Waals surface area (Å²) in [5.41, 5.74) is 0.715. The number of likely N-dealkylation sites (tertiary alicyclic amines) is 2. The first kappa shape index (κ1) is 16.3. The van der Waals surface area contributed by atoms with Crippen molar-refractivity contribution in [1.29, 1.82) is 0 Å². The van der Waals surface area contributed by atoms with Crippen molar-refractivity contribution in [2.75, 3.05) is 66.1 Å². The molecule has 0 aromatic carbocycles. The minimum atomic E-state index is 0.715. The minimum Gasteiger partial charge on any atom is -0.379 e. The summed E-state index contributed by atoms with van der Waals surface area (Å²) in [5, 5.41) is 0. The van der Waals surface area contributed by atoms with Crippen LogP contribution in [0.4, 0.5) is 0 Å². The van der Waals surface area contributed by atoms with Crippen LogP contribution >= 0.6 is 0 Å². The fourth-order valence-electron chi connectivity index (χ4n) is 5.37. The Balaban J connectivity index is 1.18. The first-order valence-corrected chi connectivity index (χ1v) is 9.95. The van der Waals surface area contributed by atoms with E-state index in [0.29, 0.717) is 5.41 Å². The summed E-state index contributed by atoms with van der Waals surface area (Å²) in [7, 11) is 2.27. The van der Waals surface area contributed by atoms with E-state index in [1.54, 1.807) is 0 Å². The van der Waals surface area contributed by atoms with Gasteiger partial charge in [-0.1, -0.05) is 0 Å². The number of hydrogen-bond donors (Lipinski definition) is 0. The summed E-state index contributed by atoms with van der Waals surface area (Å²) in [6, 6.07) is 0.874. The van der Waals surface area contributed by atoms with Gasteiger partial charge < -0.3 is 14.5 Å². The predicted molar refractivity (Wildman–Crippen MR) is 93.7 cm³/mol. The summed E-state index contributed by atoms with van der Waals surface area (Å²) in [5.74, 6) is 0.961. The average molecular weight is 322 g/mol. The monoisotopic (exact) mass is 321 g/mol. The van der Waals surface area contributed by atoms with E-state index in [9.17, 15) is 0 Å². The summed E-state index contributed by atoms with van der Waals surface area (Å²) in [6.45, 7) is 11.0. The molecular weight excluding hydrogens is 286 g/mol. The molecule has 3 aliphatic heterocycles. The van der Waals surface area contributed by atoms with Gasteiger partial charge in [0.2, 0.25) is 0 Å². The molecule has 0 atom stereocenters. The molecule has 0 amide bonds. The van der Waals surface area contributed by atoms with Gasteiger partial charge in [0.05, 0.1) is 13.2 Å². The van der Waals surface area contributed by atoms with E-state index in [0.717, 1.165) is 25.2 Å². The number of rotatable bonds is 3. The van der Waals surface area contributed by atoms with Crippen molar-refractivity contribution in [2.45, 2.75) is 44.6 Å². The van der Waals surface area contributed by atoms with Gasteiger partial charge in [0.25, 0.3) is 0 Å². The normalized spacial score (nSPS) is 32.2. The zero-order valence-corrected chi connectivity index (χ0v) is 15.0. The van der Waals surface area contributed by atoms with Gasteiger partial charge >= 0.3 is 0 Å². The second kappa shape index (κ2) is 6.99. The molecule has 0 N–H and O–H groups in total. The van der Waals surface area contributed by atoms with Gasteiger partial charge in [-0.15, -0.1) is 0 Å². The zero-order chi connectivity index (χ0) is 15.7. The Morgan fingerprint density at radius 2 is 1.57 bits per heavy atom. The molecule has 0 aromatic rings. The summed E-state index contributed by atoms with van der Waals surface area (Å²) in [4.78, 5) is 7.96. The van der Waals surface area contributed by atoms with Crippen LogP contribution in [0.25, 0.3) is 0 Å². The molecule has 3 heterocycles. The largest absolute Gasteiger partial charge is 0.379 e. The van der Waals surface area contributed by atoms with Crippen LogP contribution in [-0.4, -0.2) is 86.8 Å². The maximum atomic E-state index is 5.50. The molecule has 4 heteroatoms. The molecule has 4 aliphatic rings. The number of ether oxygens (including phenoxy) is 1.